The molecule has 1 aliphatic heterocycles. The number of rotatable bonds is 6. The number of benzene rings is 2. The van der Waals surface area contributed by atoms with Crippen molar-refractivity contribution in [3.05, 3.63) is 64.5 Å². The number of carboxylic acid groups (broad SMARTS) is 1. The predicted molar refractivity (Wildman–Crippen MR) is 107 cm³/mol. The van der Waals surface area contributed by atoms with Crippen LogP contribution in [0.3, 0.4) is 0 Å². The lowest BCUT2D eigenvalue weighted by Gasteiger charge is -2.12. The summed E-state index contributed by atoms with van der Waals surface area (Å²) in [5.74, 6) is 1.27. The molecule has 6 heteroatoms. The zero-order valence-electron chi connectivity index (χ0n) is 16.7. The van der Waals surface area contributed by atoms with Crippen LogP contribution in [0.4, 0.5) is 0 Å². The summed E-state index contributed by atoms with van der Waals surface area (Å²) in [4.78, 5) is 11.0. The molecule has 1 atom stereocenters. The number of nitrogens with zero attached hydrogens (tertiary/aromatic N) is 1. The van der Waals surface area contributed by atoms with E-state index in [1.165, 1.54) is 0 Å². The van der Waals surface area contributed by atoms with Crippen molar-refractivity contribution in [3.63, 3.8) is 0 Å². The molecule has 0 bridgehead atoms. The van der Waals surface area contributed by atoms with E-state index in [1.54, 1.807) is 0 Å². The highest BCUT2D eigenvalue weighted by Gasteiger charge is 2.26. The Labute approximate surface area is 169 Å². The summed E-state index contributed by atoms with van der Waals surface area (Å²) < 4.78 is 17.0. The molecule has 0 saturated heterocycles. The van der Waals surface area contributed by atoms with Crippen LogP contribution in [-0.2, 0) is 11.4 Å². The summed E-state index contributed by atoms with van der Waals surface area (Å²) in [5, 5.41) is 13.1. The van der Waals surface area contributed by atoms with Crippen molar-refractivity contribution in [1.82, 2.24) is 5.16 Å². The number of aryl methyl sites for hydroxylation is 3. The minimum atomic E-state index is -0.819. The van der Waals surface area contributed by atoms with Gasteiger partial charge in [-0.05, 0) is 49.6 Å². The third-order valence-corrected chi connectivity index (χ3v) is 5.35. The Morgan fingerprint density at radius 3 is 2.76 bits per heavy atom. The van der Waals surface area contributed by atoms with Crippen LogP contribution in [0.25, 0.3) is 11.1 Å². The maximum absolute atomic E-state index is 11.0. The van der Waals surface area contributed by atoms with E-state index in [0.717, 1.165) is 39.3 Å². The van der Waals surface area contributed by atoms with Gasteiger partial charge in [0.1, 0.15) is 23.9 Å². The molecule has 3 aromatic rings. The second kappa shape index (κ2) is 7.62. The molecule has 1 unspecified atom stereocenters. The summed E-state index contributed by atoms with van der Waals surface area (Å²) in [6, 6.07) is 11.9. The van der Waals surface area contributed by atoms with Gasteiger partial charge in [0.2, 0.25) is 0 Å². The molecule has 1 N–H and O–H groups in total. The molecule has 0 fully saturated rings. The van der Waals surface area contributed by atoms with Crippen LogP contribution in [0.1, 0.15) is 40.5 Å². The van der Waals surface area contributed by atoms with Crippen molar-refractivity contribution in [2.45, 2.75) is 39.7 Å². The molecule has 150 valence electrons. The Morgan fingerprint density at radius 2 is 2.03 bits per heavy atom. The van der Waals surface area contributed by atoms with Crippen molar-refractivity contribution in [2.24, 2.45) is 0 Å². The predicted octanol–water partition coefficient (Wildman–Crippen LogP) is 4.80. The number of carboxylic acids is 1. The second-order valence-corrected chi connectivity index (χ2v) is 7.43. The zero-order valence-corrected chi connectivity index (χ0v) is 16.7. The average molecular weight is 393 g/mol. The van der Waals surface area contributed by atoms with Gasteiger partial charge in [-0.2, -0.15) is 0 Å². The highest BCUT2D eigenvalue weighted by molar-refractivity contribution is 5.69. The Kier molecular flexibility index (Phi) is 5.01. The van der Waals surface area contributed by atoms with Gasteiger partial charge in [0, 0.05) is 23.1 Å². The summed E-state index contributed by atoms with van der Waals surface area (Å²) in [6.45, 7) is 6.71. The van der Waals surface area contributed by atoms with Gasteiger partial charge in [-0.1, -0.05) is 23.4 Å². The first-order valence-corrected chi connectivity index (χ1v) is 9.56. The summed E-state index contributed by atoms with van der Waals surface area (Å²) in [6.07, 6.45) is 0.0703. The normalized spacial score (nSPS) is 15.1. The Bertz CT molecular complexity index is 1050. The third-order valence-electron chi connectivity index (χ3n) is 5.35. The fraction of sp³-hybridized carbons (Fsp3) is 0.304. The van der Waals surface area contributed by atoms with Gasteiger partial charge in [-0.25, -0.2) is 0 Å². The number of aliphatic carboxylic acids is 1. The molecule has 0 saturated carbocycles. The zero-order chi connectivity index (χ0) is 20.5. The molecular weight excluding hydrogens is 370 g/mol. The molecule has 2 aromatic carbocycles. The van der Waals surface area contributed by atoms with E-state index >= 15 is 0 Å². The first-order chi connectivity index (χ1) is 13.9. The van der Waals surface area contributed by atoms with Crippen LogP contribution < -0.4 is 9.47 Å². The molecule has 6 nitrogen and oxygen atoms in total. The van der Waals surface area contributed by atoms with E-state index in [2.05, 4.69) is 30.3 Å². The monoisotopic (exact) mass is 393 g/mol. The van der Waals surface area contributed by atoms with Crippen LogP contribution in [0.15, 0.2) is 40.9 Å². The van der Waals surface area contributed by atoms with Crippen molar-refractivity contribution in [3.8, 4) is 22.6 Å². The Morgan fingerprint density at radius 1 is 1.21 bits per heavy atom. The first kappa shape index (κ1) is 19.1. The maximum atomic E-state index is 11.0. The minimum Gasteiger partial charge on any atom is -0.492 e. The molecule has 0 radical (unpaired) electrons. The van der Waals surface area contributed by atoms with Crippen LogP contribution in [0.5, 0.6) is 11.5 Å². The summed E-state index contributed by atoms with van der Waals surface area (Å²) >= 11 is 0. The molecule has 1 aliphatic rings. The van der Waals surface area contributed by atoms with Gasteiger partial charge in [-0.3, -0.25) is 4.79 Å². The molecule has 1 aromatic heterocycles. The summed E-state index contributed by atoms with van der Waals surface area (Å²) in [7, 11) is 0. The number of aromatic nitrogens is 1. The SMILES string of the molecule is Cc1ccc(-c2c(C)noc2C)cc1COc1ccc2c(c1)OCC2CC(=O)O. The standard InChI is InChI=1S/C23H23NO5/c1-13-4-5-16(23-14(2)24-29-15(23)3)8-17(13)11-27-19-6-7-20-18(9-22(25)26)12-28-21(20)10-19/h4-8,10,18H,9,11-12H2,1-3H3,(H,25,26). The lowest BCUT2D eigenvalue weighted by molar-refractivity contribution is -0.137. The van der Waals surface area contributed by atoms with Crippen LogP contribution in [-0.4, -0.2) is 22.8 Å². The molecule has 0 amide bonds. The topological polar surface area (TPSA) is 81.8 Å². The largest absolute Gasteiger partial charge is 0.492 e. The van der Waals surface area contributed by atoms with Crippen molar-refractivity contribution in [1.29, 1.82) is 0 Å². The molecular formula is C23H23NO5. The number of carbonyl (C=O) groups is 1. The molecule has 0 aliphatic carbocycles. The Balaban J connectivity index is 1.51. The van der Waals surface area contributed by atoms with Crippen LogP contribution in [0.2, 0.25) is 0 Å². The molecule has 2 heterocycles. The van der Waals surface area contributed by atoms with E-state index in [4.69, 9.17) is 19.1 Å². The first-order valence-electron chi connectivity index (χ1n) is 9.56. The van der Waals surface area contributed by atoms with E-state index in [-0.39, 0.29) is 12.3 Å². The smallest absolute Gasteiger partial charge is 0.304 e. The Hall–Kier alpha value is -3.28. The fourth-order valence-electron chi connectivity index (χ4n) is 3.77. The minimum absolute atomic E-state index is 0.0703. The van der Waals surface area contributed by atoms with Crippen molar-refractivity contribution in [2.75, 3.05) is 6.61 Å². The number of hydrogen-bond acceptors (Lipinski definition) is 5. The van der Waals surface area contributed by atoms with Crippen molar-refractivity contribution >= 4 is 5.97 Å². The third kappa shape index (κ3) is 3.83. The number of fused-ring (bicyclic) bond motifs is 1. The van der Waals surface area contributed by atoms with Crippen LogP contribution in [0, 0.1) is 20.8 Å². The lowest BCUT2D eigenvalue weighted by Crippen LogP contribution is -2.07. The molecule has 29 heavy (non-hydrogen) atoms. The number of hydrogen-bond donors (Lipinski definition) is 1. The lowest BCUT2D eigenvalue weighted by atomic mass is 9.98. The quantitative estimate of drug-likeness (QED) is 0.648. The maximum Gasteiger partial charge on any atom is 0.304 e. The van der Waals surface area contributed by atoms with Crippen LogP contribution >= 0.6 is 0 Å². The van der Waals surface area contributed by atoms with E-state index in [1.807, 2.05) is 32.0 Å². The average Bonchev–Trinajstić information content (AvgIpc) is 3.23. The highest BCUT2D eigenvalue weighted by Crippen LogP contribution is 2.38. The van der Waals surface area contributed by atoms with E-state index < -0.39 is 5.97 Å². The number of ether oxygens (including phenoxy) is 2. The molecule has 0 spiro atoms. The molecule has 4 rings (SSSR count). The van der Waals surface area contributed by atoms with Gasteiger partial charge in [0.25, 0.3) is 0 Å². The van der Waals surface area contributed by atoms with Gasteiger partial charge in [-0.15, -0.1) is 0 Å². The van der Waals surface area contributed by atoms with Crippen molar-refractivity contribution < 1.29 is 23.9 Å². The van der Waals surface area contributed by atoms with E-state index in [9.17, 15) is 4.79 Å². The van der Waals surface area contributed by atoms with Gasteiger partial charge >= 0.3 is 5.97 Å². The van der Waals surface area contributed by atoms with Gasteiger partial charge in [0.15, 0.2) is 0 Å². The second-order valence-electron chi connectivity index (χ2n) is 7.43. The van der Waals surface area contributed by atoms with Gasteiger partial charge < -0.3 is 19.1 Å². The summed E-state index contributed by atoms with van der Waals surface area (Å²) in [5.41, 5.74) is 6.08. The highest BCUT2D eigenvalue weighted by atomic mass is 16.5. The van der Waals surface area contributed by atoms with Gasteiger partial charge in [0.05, 0.1) is 18.7 Å². The fourth-order valence-corrected chi connectivity index (χ4v) is 3.77. The van der Waals surface area contributed by atoms with E-state index in [0.29, 0.717) is 24.7 Å².